The van der Waals surface area contributed by atoms with Crippen LogP contribution in [0.4, 0.5) is 13.2 Å². The Kier molecular flexibility index (Phi) is 4.57. The van der Waals surface area contributed by atoms with Gasteiger partial charge in [-0.3, -0.25) is 0 Å². The number of hydroxylamine groups is 1. The lowest BCUT2D eigenvalue weighted by molar-refractivity contribution is 0.0858. The molecule has 6 heteroatoms. The van der Waals surface area contributed by atoms with E-state index in [1.165, 1.54) is 20.3 Å². The van der Waals surface area contributed by atoms with E-state index in [9.17, 15) is 13.2 Å². The third kappa shape index (κ3) is 2.86. The Balaban J connectivity index is 3.09. The van der Waals surface area contributed by atoms with Crippen LogP contribution in [0.2, 0.25) is 0 Å². The summed E-state index contributed by atoms with van der Waals surface area (Å²) >= 11 is 0. The van der Waals surface area contributed by atoms with Gasteiger partial charge in [0.05, 0.1) is 14.2 Å². The van der Waals surface area contributed by atoms with Crippen LogP contribution in [0.1, 0.15) is 17.6 Å². The molecule has 0 spiro atoms. The molecule has 3 nitrogen and oxygen atoms in total. The Morgan fingerprint density at radius 3 is 2.50 bits per heavy atom. The van der Waals surface area contributed by atoms with Gasteiger partial charge in [-0.15, -0.1) is 0 Å². The van der Waals surface area contributed by atoms with Gasteiger partial charge in [-0.1, -0.05) is 0 Å². The highest BCUT2D eigenvalue weighted by Crippen LogP contribution is 2.29. The standard InChI is InChI=1S/C10H12F3NO2/c1-15-9-7(5-14-16-2)3-6(10(12)13)4-8(9)11/h3-4,10,14H,5H2,1-2H3. The van der Waals surface area contributed by atoms with Crippen LogP contribution in [-0.4, -0.2) is 14.2 Å². The van der Waals surface area contributed by atoms with Gasteiger partial charge in [-0.05, 0) is 12.1 Å². The first-order valence-electron chi connectivity index (χ1n) is 4.50. The molecule has 16 heavy (non-hydrogen) atoms. The summed E-state index contributed by atoms with van der Waals surface area (Å²) in [6.45, 7) is 0.0805. The first kappa shape index (κ1) is 12.8. The number of methoxy groups -OCH3 is 1. The molecule has 0 atom stereocenters. The zero-order chi connectivity index (χ0) is 12.1. The van der Waals surface area contributed by atoms with Crippen molar-refractivity contribution in [1.29, 1.82) is 0 Å². The van der Waals surface area contributed by atoms with Gasteiger partial charge in [0.15, 0.2) is 11.6 Å². The molecule has 1 aromatic carbocycles. The van der Waals surface area contributed by atoms with Crippen LogP contribution >= 0.6 is 0 Å². The minimum absolute atomic E-state index is 0.0612. The highest BCUT2D eigenvalue weighted by atomic mass is 19.3. The van der Waals surface area contributed by atoms with Crippen LogP contribution < -0.4 is 10.2 Å². The van der Waals surface area contributed by atoms with Gasteiger partial charge in [0, 0.05) is 17.7 Å². The summed E-state index contributed by atoms with van der Waals surface area (Å²) in [6.07, 6.45) is -2.72. The van der Waals surface area contributed by atoms with Crippen LogP contribution in [-0.2, 0) is 11.4 Å². The largest absolute Gasteiger partial charge is 0.493 e. The predicted molar refractivity (Wildman–Crippen MR) is 51.8 cm³/mol. The average Bonchev–Trinajstić information content (AvgIpc) is 2.25. The molecule has 1 aromatic rings. The van der Waals surface area contributed by atoms with Gasteiger partial charge >= 0.3 is 0 Å². The predicted octanol–water partition coefficient (Wildman–Crippen LogP) is 2.42. The quantitative estimate of drug-likeness (QED) is 0.795. The van der Waals surface area contributed by atoms with Crippen molar-refractivity contribution in [3.05, 3.63) is 29.1 Å². The zero-order valence-electron chi connectivity index (χ0n) is 8.89. The molecule has 0 aromatic heterocycles. The lowest BCUT2D eigenvalue weighted by atomic mass is 10.1. The molecule has 0 heterocycles. The summed E-state index contributed by atoms with van der Waals surface area (Å²) in [7, 11) is 2.65. The number of alkyl halides is 2. The van der Waals surface area contributed by atoms with Crippen LogP contribution in [0.3, 0.4) is 0 Å². The molecule has 0 aliphatic heterocycles. The molecule has 0 unspecified atom stereocenters. The molecule has 0 amide bonds. The highest BCUT2D eigenvalue weighted by molar-refractivity contribution is 5.39. The van der Waals surface area contributed by atoms with E-state index >= 15 is 0 Å². The lowest BCUT2D eigenvalue weighted by Gasteiger charge is -2.11. The average molecular weight is 235 g/mol. The fourth-order valence-corrected chi connectivity index (χ4v) is 1.31. The van der Waals surface area contributed by atoms with Crippen LogP contribution in [0.25, 0.3) is 0 Å². The van der Waals surface area contributed by atoms with Crippen molar-refractivity contribution in [2.75, 3.05) is 14.2 Å². The maximum Gasteiger partial charge on any atom is 0.263 e. The van der Waals surface area contributed by atoms with E-state index in [0.29, 0.717) is 0 Å². The van der Waals surface area contributed by atoms with Crippen molar-refractivity contribution >= 4 is 0 Å². The Morgan fingerprint density at radius 2 is 2.00 bits per heavy atom. The number of hydrogen-bond donors (Lipinski definition) is 1. The molecule has 0 fully saturated rings. The summed E-state index contributed by atoms with van der Waals surface area (Å²) in [5, 5.41) is 0. The van der Waals surface area contributed by atoms with E-state index in [-0.39, 0.29) is 23.4 Å². The maximum atomic E-state index is 13.4. The van der Waals surface area contributed by atoms with Crippen molar-refractivity contribution in [1.82, 2.24) is 5.48 Å². The first-order valence-corrected chi connectivity index (χ1v) is 4.50. The summed E-state index contributed by atoms with van der Waals surface area (Å²) in [5.74, 6) is -0.873. The smallest absolute Gasteiger partial charge is 0.263 e. The van der Waals surface area contributed by atoms with Crippen LogP contribution in [0.15, 0.2) is 12.1 Å². The summed E-state index contributed by atoms with van der Waals surface area (Å²) in [6, 6.07) is 1.94. The Morgan fingerprint density at radius 1 is 1.31 bits per heavy atom. The second-order valence-electron chi connectivity index (χ2n) is 3.02. The van der Waals surface area contributed by atoms with Crippen molar-refractivity contribution in [3.8, 4) is 5.75 Å². The second-order valence-corrected chi connectivity index (χ2v) is 3.02. The number of hydrogen-bond acceptors (Lipinski definition) is 3. The Labute approximate surface area is 91.1 Å². The highest BCUT2D eigenvalue weighted by Gasteiger charge is 2.16. The van der Waals surface area contributed by atoms with Gasteiger partial charge in [0.25, 0.3) is 6.43 Å². The minimum Gasteiger partial charge on any atom is -0.493 e. The summed E-state index contributed by atoms with van der Waals surface area (Å²) in [5.41, 5.74) is 2.34. The third-order valence-electron chi connectivity index (χ3n) is 2.01. The lowest BCUT2D eigenvalue weighted by Crippen LogP contribution is -2.12. The van der Waals surface area contributed by atoms with E-state index in [1.807, 2.05) is 0 Å². The Bertz CT molecular complexity index is 358. The van der Waals surface area contributed by atoms with Gasteiger partial charge in [0.1, 0.15) is 0 Å². The molecule has 1 N–H and O–H groups in total. The summed E-state index contributed by atoms with van der Waals surface area (Å²) in [4.78, 5) is 4.57. The van der Waals surface area contributed by atoms with Crippen LogP contribution in [0.5, 0.6) is 5.75 Å². The van der Waals surface area contributed by atoms with E-state index in [2.05, 4.69) is 10.3 Å². The number of ether oxygens (including phenoxy) is 1. The van der Waals surface area contributed by atoms with Gasteiger partial charge < -0.3 is 9.57 Å². The topological polar surface area (TPSA) is 30.5 Å². The van der Waals surface area contributed by atoms with Crippen molar-refractivity contribution in [2.24, 2.45) is 0 Å². The van der Waals surface area contributed by atoms with E-state index in [1.54, 1.807) is 0 Å². The second kappa shape index (κ2) is 5.72. The zero-order valence-corrected chi connectivity index (χ0v) is 8.89. The number of halogens is 3. The van der Waals surface area contributed by atoms with Gasteiger partial charge in [0.2, 0.25) is 0 Å². The molecule has 90 valence electrons. The van der Waals surface area contributed by atoms with Crippen molar-refractivity contribution < 1.29 is 22.7 Å². The molecule has 0 bridgehead atoms. The molecule has 0 saturated carbocycles. The minimum atomic E-state index is -2.72. The molecule has 0 saturated heterocycles. The molecule has 0 radical (unpaired) electrons. The Hall–Kier alpha value is -1.27. The number of nitrogens with one attached hydrogen (secondary N) is 1. The van der Waals surface area contributed by atoms with Gasteiger partial charge in [-0.2, -0.15) is 5.48 Å². The molecular weight excluding hydrogens is 223 g/mol. The van der Waals surface area contributed by atoms with E-state index in [0.717, 1.165) is 6.07 Å². The third-order valence-corrected chi connectivity index (χ3v) is 2.01. The number of rotatable bonds is 5. The normalized spacial score (nSPS) is 10.9. The molecule has 0 aliphatic carbocycles. The van der Waals surface area contributed by atoms with E-state index < -0.39 is 12.2 Å². The van der Waals surface area contributed by atoms with Crippen molar-refractivity contribution in [3.63, 3.8) is 0 Å². The fourth-order valence-electron chi connectivity index (χ4n) is 1.31. The molecule has 1 rings (SSSR count). The molecule has 0 aliphatic rings. The van der Waals surface area contributed by atoms with Crippen LogP contribution in [0, 0.1) is 5.82 Å². The van der Waals surface area contributed by atoms with Crippen molar-refractivity contribution in [2.45, 2.75) is 13.0 Å². The van der Waals surface area contributed by atoms with E-state index in [4.69, 9.17) is 4.74 Å². The summed E-state index contributed by atoms with van der Waals surface area (Å²) < 4.78 is 43.0. The maximum absolute atomic E-state index is 13.4. The van der Waals surface area contributed by atoms with Gasteiger partial charge in [-0.25, -0.2) is 13.2 Å². The first-order chi connectivity index (χ1) is 7.60. The molecular formula is C10H12F3NO2. The fraction of sp³-hybridized carbons (Fsp3) is 0.400. The number of benzene rings is 1. The SMILES string of the molecule is CONCc1cc(C(F)F)cc(F)c1OC. The monoisotopic (exact) mass is 235 g/mol.